The maximum Gasteiger partial charge on any atom is 0.334 e. The first kappa shape index (κ1) is 7.16. The van der Waals surface area contributed by atoms with Crippen LogP contribution in [0, 0.1) is 0 Å². The normalized spacial score (nSPS) is 21.1. The maximum absolute atomic E-state index is 9.19. The van der Waals surface area contributed by atoms with Gasteiger partial charge < -0.3 is 9.76 Å². The van der Waals surface area contributed by atoms with Crippen molar-refractivity contribution in [3.05, 3.63) is 28.8 Å². The van der Waals surface area contributed by atoms with Crippen molar-refractivity contribution in [1.82, 2.24) is 0 Å². The van der Waals surface area contributed by atoms with Crippen molar-refractivity contribution in [3.63, 3.8) is 0 Å². The highest BCUT2D eigenvalue weighted by Gasteiger charge is 2.21. The molecule has 0 fully saturated rings. The Balaban J connectivity index is 2.52. The Hall–Kier alpha value is -0.505. The molecule has 11 heavy (non-hydrogen) atoms. The molecule has 0 saturated carbocycles. The average Bonchev–Trinajstić information content (AvgIpc) is 2.33. The summed E-state index contributed by atoms with van der Waals surface area (Å²) in [6, 6.07) is 5.28. The monoisotopic (exact) mass is 167 g/mol. The molecule has 1 aliphatic rings. The van der Waals surface area contributed by atoms with Gasteiger partial charge in [0.05, 0.1) is 0 Å². The van der Waals surface area contributed by atoms with Crippen LogP contribution in [-0.2, 0) is 4.65 Å². The summed E-state index contributed by atoms with van der Waals surface area (Å²) < 4.78 is 4.85. The molecular weight excluding hydrogens is 162 g/mol. The summed E-state index contributed by atoms with van der Waals surface area (Å²) in [6.45, 7) is 0. The molecule has 0 aliphatic carbocycles. The third-order valence-corrected chi connectivity index (χ3v) is 1.87. The quantitative estimate of drug-likeness (QED) is 0.574. The van der Waals surface area contributed by atoms with E-state index < -0.39 is 6.29 Å². The van der Waals surface area contributed by atoms with Crippen LogP contribution in [0.25, 0.3) is 0 Å². The van der Waals surface area contributed by atoms with E-state index in [2.05, 4.69) is 0 Å². The first-order valence-electron chi connectivity index (χ1n) is 3.23. The average molecular weight is 167 g/mol. The molecule has 1 radical (unpaired) electrons. The Kier molecular flexibility index (Phi) is 1.64. The molecule has 4 heteroatoms. The van der Waals surface area contributed by atoms with Gasteiger partial charge in [-0.25, -0.2) is 0 Å². The Morgan fingerprint density at radius 2 is 2.36 bits per heavy atom. The number of benzene rings is 1. The van der Waals surface area contributed by atoms with Crippen molar-refractivity contribution < 1.29 is 9.76 Å². The molecular formula is C7H5BClO2. The molecule has 0 aromatic heterocycles. The number of hydrogen-bond donors (Lipinski definition) is 1. The summed E-state index contributed by atoms with van der Waals surface area (Å²) in [5.41, 5.74) is 1.62. The molecule has 1 aromatic rings. The third kappa shape index (κ3) is 1.15. The van der Waals surface area contributed by atoms with E-state index in [0.717, 1.165) is 11.0 Å². The van der Waals surface area contributed by atoms with E-state index in [1.54, 1.807) is 12.1 Å². The zero-order chi connectivity index (χ0) is 7.84. The van der Waals surface area contributed by atoms with E-state index in [4.69, 9.17) is 16.3 Å². The zero-order valence-electron chi connectivity index (χ0n) is 5.62. The Bertz CT molecular complexity index is 290. The highest BCUT2D eigenvalue weighted by Crippen LogP contribution is 2.20. The standard InChI is InChI=1S/C7H5BClO2/c9-4-1-2-6-5(3-4)7(10)11-8-6/h1-3,7,10H. The molecule has 2 nitrogen and oxygen atoms in total. The minimum Gasteiger partial charge on any atom is -0.407 e. The lowest BCUT2D eigenvalue weighted by molar-refractivity contribution is -0.00793. The van der Waals surface area contributed by atoms with Crippen LogP contribution in [0.2, 0.25) is 5.02 Å². The molecule has 1 aliphatic heterocycles. The molecule has 1 atom stereocenters. The van der Waals surface area contributed by atoms with Gasteiger partial charge in [0, 0.05) is 10.6 Å². The van der Waals surface area contributed by atoms with Gasteiger partial charge in [-0.15, -0.1) is 0 Å². The summed E-state index contributed by atoms with van der Waals surface area (Å²) >= 11 is 5.71. The molecule has 0 amide bonds. The van der Waals surface area contributed by atoms with Gasteiger partial charge in [0.25, 0.3) is 0 Å². The molecule has 2 rings (SSSR count). The zero-order valence-corrected chi connectivity index (χ0v) is 6.38. The van der Waals surface area contributed by atoms with E-state index in [0.29, 0.717) is 5.02 Å². The Labute approximate surface area is 70.0 Å². The second-order valence-electron chi connectivity index (χ2n) is 2.38. The molecule has 1 heterocycles. The van der Waals surface area contributed by atoms with Gasteiger partial charge in [-0.2, -0.15) is 0 Å². The van der Waals surface area contributed by atoms with Crippen LogP contribution >= 0.6 is 11.6 Å². The number of halogens is 1. The smallest absolute Gasteiger partial charge is 0.334 e. The number of aliphatic hydroxyl groups is 1. The van der Waals surface area contributed by atoms with Crippen LogP contribution in [-0.4, -0.2) is 12.6 Å². The number of hydrogen-bond acceptors (Lipinski definition) is 2. The fourth-order valence-electron chi connectivity index (χ4n) is 1.08. The van der Waals surface area contributed by atoms with Crippen molar-refractivity contribution in [1.29, 1.82) is 0 Å². The number of fused-ring (bicyclic) bond motifs is 1. The van der Waals surface area contributed by atoms with Gasteiger partial charge in [0.15, 0.2) is 6.29 Å². The van der Waals surface area contributed by atoms with Crippen LogP contribution in [0.4, 0.5) is 0 Å². The summed E-state index contributed by atoms with van der Waals surface area (Å²) in [5.74, 6) is 0. The summed E-state index contributed by atoms with van der Waals surface area (Å²) in [6.07, 6.45) is -0.844. The van der Waals surface area contributed by atoms with Gasteiger partial charge in [0.2, 0.25) is 0 Å². The predicted octanol–water partition coefficient (Wildman–Crippen LogP) is 0.606. The van der Waals surface area contributed by atoms with Crippen LogP contribution in [0.3, 0.4) is 0 Å². The van der Waals surface area contributed by atoms with E-state index in [-0.39, 0.29) is 0 Å². The molecule has 55 valence electrons. The van der Waals surface area contributed by atoms with Gasteiger partial charge >= 0.3 is 7.48 Å². The fourth-order valence-corrected chi connectivity index (χ4v) is 1.26. The van der Waals surface area contributed by atoms with Crippen molar-refractivity contribution in [3.8, 4) is 0 Å². The van der Waals surface area contributed by atoms with Gasteiger partial charge in [-0.05, 0) is 17.6 Å². The first-order chi connectivity index (χ1) is 5.27. The van der Waals surface area contributed by atoms with E-state index in [9.17, 15) is 5.11 Å². The molecule has 0 spiro atoms. The Morgan fingerprint density at radius 3 is 3.18 bits per heavy atom. The summed E-state index contributed by atoms with van der Waals surface area (Å²) in [5, 5.41) is 9.81. The maximum atomic E-state index is 9.19. The van der Waals surface area contributed by atoms with Crippen LogP contribution in [0.5, 0.6) is 0 Å². The summed E-state index contributed by atoms with van der Waals surface area (Å²) in [7, 11) is 1.52. The largest absolute Gasteiger partial charge is 0.407 e. The molecule has 1 N–H and O–H groups in total. The van der Waals surface area contributed by atoms with Crippen molar-refractivity contribution in [2.45, 2.75) is 6.29 Å². The SMILES string of the molecule is OC1O[B]c2ccc(Cl)cc21. The highest BCUT2D eigenvalue weighted by molar-refractivity contribution is 6.49. The molecule has 0 bridgehead atoms. The third-order valence-electron chi connectivity index (χ3n) is 1.64. The molecule has 0 saturated heterocycles. The minimum absolute atomic E-state index is 0.613. The van der Waals surface area contributed by atoms with Gasteiger partial charge in [0.1, 0.15) is 0 Å². The van der Waals surface area contributed by atoms with E-state index in [1.165, 1.54) is 7.48 Å². The lowest BCUT2D eigenvalue weighted by Gasteiger charge is -2.02. The van der Waals surface area contributed by atoms with Gasteiger partial charge in [-0.3, -0.25) is 0 Å². The topological polar surface area (TPSA) is 29.5 Å². The second-order valence-corrected chi connectivity index (χ2v) is 2.82. The van der Waals surface area contributed by atoms with E-state index in [1.807, 2.05) is 6.07 Å². The number of aliphatic hydroxyl groups excluding tert-OH is 1. The fraction of sp³-hybridized carbons (Fsp3) is 0.143. The molecule has 1 aromatic carbocycles. The van der Waals surface area contributed by atoms with Crippen LogP contribution in [0.1, 0.15) is 11.9 Å². The lowest BCUT2D eigenvalue weighted by atomic mass is 9.87. The molecule has 1 unspecified atom stereocenters. The van der Waals surface area contributed by atoms with Crippen molar-refractivity contribution in [2.75, 3.05) is 0 Å². The van der Waals surface area contributed by atoms with Crippen molar-refractivity contribution >= 4 is 24.5 Å². The lowest BCUT2D eigenvalue weighted by Crippen LogP contribution is -2.10. The number of rotatable bonds is 0. The second kappa shape index (κ2) is 2.52. The van der Waals surface area contributed by atoms with Crippen LogP contribution < -0.4 is 5.46 Å². The van der Waals surface area contributed by atoms with Gasteiger partial charge in [-0.1, -0.05) is 17.7 Å². The van der Waals surface area contributed by atoms with Crippen molar-refractivity contribution in [2.24, 2.45) is 0 Å². The first-order valence-corrected chi connectivity index (χ1v) is 3.61. The van der Waals surface area contributed by atoms with E-state index >= 15 is 0 Å². The van der Waals surface area contributed by atoms with Crippen LogP contribution in [0.15, 0.2) is 18.2 Å². The Morgan fingerprint density at radius 1 is 1.55 bits per heavy atom. The minimum atomic E-state index is -0.844. The predicted molar refractivity (Wildman–Crippen MR) is 42.9 cm³/mol. The summed E-state index contributed by atoms with van der Waals surface area (Å²) in [4.78, 5) is 0. The highest BCUT2D eigenvalue weighted by atomic mass is 35.5.